The first-order valence-electron chi connectivity index (χ1n) is 5.87. The predicted octanol–water partition coefficient (Wildman–Crippen LogP) is 2.99. The van der Waals surface area contributed by atoms with Crippen molar-refractivity contribution in [1.82, 2.24) is 0 Å². The van der Waals surface area contributed by atoms with Crippen LogP contribution in [0.3, 0.4) is 0 Å². The second-order valence-electron chi connectivity index (χ2n) is 3.43. The Kier molecular flexibility index (Phi) is 6.58. The molecule has 0 saturated carbocycles. The van der Waals surface area contributed by atoms with Crippen molar-refractivity contribution in [2.45, 2.75) is 26.6 Å². The molecule has 0 aliphatic heterocycles. The highest BCUT2D eigenvalue weighted by Gasteiger charge is 2.07. The van der Waals surface area contributed by atoms with Gasteiger partial charge in [-0.05, 0) is 38.1 Å². The third-order valence-electron chi connectivity index (χ3n) is 2.14. The van der Waals surface area contributed by atoms with Crippen molar-refractivity contribution < 1.29 is 18.6 Å². The summed E-state index contributed by atoms with van der Waals surface area (Å²) in [5, 5.41) is 0. The first-order chi connectivity index (χ1) is 8.26. The van der Waals surface area contributed by atoms with E-state index in [0.717, 1.165) is 0 Å². The molecule has 96 valence electrons. The molecule has 0 saturated heterocycles. The Morgan fingerprint density at radius 1 is 1.06 bits per heavy atom. The van der Waals surface area contributed by atoms with Crippen LogP contribution in [0.25, 0.3) is 0 Å². The van der Waals surface area contributed by atoms with Gasteiger partial charge in [-0.25, -0.2) is 4.39 Å². The fraction of sp³-hybridized carbons (Fsp3) is 0.538. The summed E-state index contributed by atoms with van der Waals surface area (Å²) in [5.74, 6) is 0.386. The van der Waals surface area contributed by atoms with Crippen LogP contribution in [0.1, 0.15) is 20.3 Å². The van der Waals surface area contributed by atoms with Crippen LogP contribution < -0.4 is 4.74 Å². The molecule has 0 fully saturated rings. The average Bonchev–Trinajstić information content (AvgIpc) is 2.32. The van der Waals surface area contributed by atoms with E-state index in [0.29, 0.717) is 32.0 Å². The monoisotopic (exact) mass is 242 g/mol. The van der Waals surface area contributed by atoms with Crippen molar-refractivity contribution in [2.24, 2.45) is 0 Å². The minimum absolute atomic E-state index is 0.231. The second-order valence-corrected chi connectivity index (χ2v) is 3.43. The third-order valence-corrected chi connectivity index (χ3v) is 2.14. The molecule has 0 atom stereocenters. The Morgan fingerprint density at radius 3 is 2.18 bits per heavy atom. The largest absolute Gasteiger partial charge is 0.493 e. The Morgan fingerprint density at radius 2 is 1.65 bits per heavy atom. The first-order valence-corrected chi connectivity index (χ1v) is 5.87. The third kappa shape index (κ3) is 5.65. The number of ether oxygens (including phenoxy) is 3. The molecular weight excluding hydrogens is 223 g/mol. The molecule has 0 spiro atoms. The summed E-state index contributed by atoms with van der Waals surface area (Å²) in [6, 6.07) is 5.95. The predicted molar refractivity (Wildman–Crippen MR) is 63.6 cm³/mol. The van der Waals surface area contributed by atoms with Crippen LogP contribution in [0.4, 0.5) is 4.39 Å². The van der Waals surface area contributed by atoms with Crippen molar-refractivity contribution >= 4 is 0 Å². The molecule has 1 aromatic carbocycles. The van der Waals surface area contributed by atoms with E-state index in [4.69, 9.17) is 14.2 Å². The molecule has 1 aromatic rings. The molecule has 0 aromatic heterocycles. The van der Waals surface area contributed by atoms with Crippen molar-refractivity contribution in [2.75, 3.05) is 19.8 Å². The van der Waals surface area contributed by atoms with Crippen molar-refractivity contribution in [3.05, 3.63) is 30.1 Å². The van der Waals surface area contributed by atoms with Crippen LogP contribution in [-0.2, 0) is 9.47 Å². The van der Waals surface area contributed by atoms with Gasteiger partial charge >= 0.3 is 0 Å². The van der Waals surface area contributed by atoms with E-state index in [1.807, 2.05) is 13.8 Å². The molecule has 0 aliphatic rings. The Labute approximate surface area is 101 Å². The molecule has 17 heavy (non-hydrogen) atoms. The SMILES string of the molecule is CCOC(CCOc1ccc(F)cc1)OCC. The fourth-order valence-electron chi connectivity index (χ4n) is 1.39. The van der Waals surface area contributed by atoms with E-state index in [-0.39, 0.29) is 12.1 Å². The molecule has 0 unspecified atom stereocenters. The zero-order valence-electron chi connectivity index (χ0n) is 10.3. The maximum Gasteiger partial charge on any atom is 0.160 e. The number of hydrogen-bond donors (Lipinski definition) is 0. The lowest BCUT2D eigenvalue weighted by molar-refractivity contribution is -0.142. The van der Waals surface area contributed by atoms with Crippen LogP contribution >= 0.6 is 0 Å². The van der Waals surface area contributed by atoms with Crippen molar-refractivity contribution in [1.29, 1.82) is 0 Å². The van der Waals surface area contributed by atoms with Crippen molar-refractivity contribution in [3.63, 3.8) is 0 Å². The lowest BCUT2D eigenvalue weighted by Gasteiger charge is -2.16. The quantitative estimate of drug-likeness (QED) is 0.656. The highest BCUT2D eigenvalue weighted by Crippen LogP contribution is 2.12. The maximum absolute atomic E-state index is 12.6. The van der Waals surface area contributed by atoms with Crippen molar-refractivity contribution in [3.8, 4) is 5.75 Å². The zero-order valence-corrected chi connectivity index (χ0v) is 10.3. The Bertz CT molecular complexity index is 294. The van der Waals surface area contributed by atoms with E-state index in [2.05, 4.69) is 0 Å². The summed E-state index contributed by atoms with van der Waals surface area (Å²) in [7, 11) is 0. The summed E-state index contributed by atoms with van der Waals surface area (Å²) in [4.78, 5) is 0. The number of hydrogen-bond acceptors (Lipinski definition) is 3. The molecule has 0 bridgehead atoms. The van der Waals surface area contributed by atoms with Gasteiger partial charge in [0.05, 0.1) is 6.61 Å². The molecular formula is C13H19FO3. The van der Waals surface area contributed by atoms with Gasteiger partial charge in [0.1, 0.15) is 11.6 Å². The zero-order chi connectivity index (χ0) is 12.5. The van der Waals surface area contributed by atoms with Gasteiger partial charge in [-0.15, -0.1) is 0 Å². The molecule has 0 radical (unpaired) electrons. The summed E-state index contributed by atoms with van der Waals surface area (Å²) in [6.07, 6.45) is 0.421. The molecule has 0 heterocycles. The number of benzene rings is 1. The lowest BCUT2D eigenvalue weighted by atomic mass is 10.3. The van der Waals surface area contributed by atoms with Gasteiger partial charge in [0.2, 0.25) is 0 Å². The molecule has 1 rings (SSSR count). The lowest BCUT2D eigenvalue weighted by Crippen LogP contribution is -2.20. The van der Waals surface area contributed by atoms with Gasteiger partial charge in [0.25, 0.3) is 0 Å². The summed E-state index contributed by atoms with van der Waals surface area (Å²) < 4.78 is 28.9. The molecule has 0 amide bonds. The Balaban J connectivity index is 2.27. The number of halogens is 1. The minimum atomic E-state index is -0.265. The molecule has 3 nitrogen and oxygen atoms in total. The summed E-state index contributed by atoms with van der Waals surface area (Å²) in [5.41, 5.74) is 0. The van der Waals surface area contributed by atoms with E-state index in [1.54, 1.807) is 12.1 Å². The van der Waals surface area contributed by atoms with E-state index in [1.165, 1.54) is 12.1 Å². The highest BCUT2D eigenvalue weighted by atomic mass is 19.1. The van der Waals surface area contributed by atoms with Crippen LogP contribution in [0.2, 0.25) is 0 Å². The van der Waals surface area contributed by atoms with Gasteiger partial charge in [-0.3, -0.25) is 0 Å². The normalized spacial score (nSPS) is 10.8. The highest BCUT2D eigenvalue weighted by molar-refractivity contribution is 5.21. The molecule has 0 N–H and O–H groups in total. The fourth-order valence-corrected chi connectivity index (χ4v) is 1.39. The van der Waals surface area contributed by atoms with Gasteiger partial charge in [-0.1, -0.05) is 0 Å². The standard InChI is InChI=1S/C13H19FO3/c1-3-15-13(16-4-2)9-10-17-12-7-5-11(14)6-8-12/h5-8,13H,3-4,9-10H2,1-2H3. The van der Waals surface area contributed by atoms with Crippen LogP contribution in [-0.4, -0.2) is 26.1 Å². The smallest absolute Gasteiger partial charge is 0.160 e. The molecule has 0 aliphatic carbocycles. The van der Waals surface area contributed by atoms with Crippen LogP contribution in [0.15, 0.2) is 24.3 Å². The van der Waals surface area contributed by atoms with E-state index >= 15 is 0 Å². The van der Waals surface area contributed by atoms with Crippen LogP contribution in [0.5, 0.6) is 5.75 Å². The van der Waals surface area contributed by atoms with E-state index < -0.39 is 0 Å². The van der Waals surface area contributed by atoms with Gasteiger partial charge < -0.3 is 14.2 Å². The van der Waals surface area contributed by atoms with Gasteiger partial charge in [-0.2, -0.15) is 0 Å². The van der Waals surface area contributed by atoms with E-state index in [9.17, 15) is 4.39 Å². The minimum Gasteiger partial charge on any atom is -0.493 e. The average molecular weight is 242 g/mol. The van der Waals surface area contributed by atoms with Gasteiger partial charge in [0, 0.05) is 19.6 Å². The first kappa shape index (κ1) is 13.9. The summed E-state index contributed by atoms with van der Waals surface area (Å²) >= 11 is 0. The second kappa shape index (κ2) is 8.03. The Hall–Kier alpha value is -1.13. The maximum atomic E-state index is 12.6. The van der Waals surface area contributed by atoms with Crippen LogP contribution in [0, 0.1) is 5.82 Å². The topological polar surface area (TPSA) is 27.7 Å². The summed E-state index contributed by atoms with van der Waals surface area (Å²) in [6.45, 7) is 5.55. The van der Waals surface area contributed by atoms with Gasteiger partial charge in [0.15, 0.2) is 6.29 Å². The number of rotatable bonds is 8. The molecule has 4 heteroatoms.